The minimum atomic E-state index is -1.95. The van der Waals surface area contributed by atoms with E-state index in [4.69, 9.17) is 17.2 Å². The Morgan fingerprint density at radius 3 is 1.58 bits per heavy atom. The van der Waals surface area contributed by atoms with Crippen LogP contribution in [-0.2, 0) is 110 Å². The molecule has 5 heterocycles. The van der Waals surface area contributed by atoms with Crippen molar-refractivity contribution in [2.45, 2.75) is 227 Å². The van der Waals surface area contributed by atoms with E-state index in [1.807, 2.05) is 6.92 Å². The summed E-state index contributed by atoms with van der Waals surface area (Å²) in [5, 5.41) is 78.2. The molecular formula is C87H120N20O24S. The molecular weight excluding hydrogens is 1740 g/mol. The van der Waals surface area contributed by atoms with Crippen LogP contribution in [0.4, 0.5) is 0 Å². The summed E-state index contributed by atoms with van der Waals surface area (Å²) in [4.78, 5) is 283. The number of carboxylic acid groups (broad SMARTS) is 3. The van der Waals surface area contributed by atoms with Crippen molar-refractivity contribution < 1.29 is 117 Å². The lowest BCUT2D eigenvalue weighted by Crippen LogP contribution is -2.61. The minimum Gasteiger partial charge on any atom is -0.508 e. The van der Waals surface area contributed by atoms with E-state index in [9.17, 15) is 83.1 Å². The highest BCUT2D eigenvalue weighted by molar-refractivity contribution is 8.00. The molecule has 23 N–H and O–H groups in total. The fourth-order valence-electron chi connectivity index (χ4n) is 16.0. The number of nitrogens with zero attached hydrogens (tertiary/aromatic N) is 5. The first-order valence-electron chi connectivity index (χ1n) is 43.7. The summed E-state index contributed by atoms with van der Waals surface area (Å²) in [5.74, 6) is -22.3. The number of nitrogens with two attached hydrogens (primary N) is 3. The first kappa shape index (κ1) is 104. The Morgan fingerprint density at radius 1 is 0.500 bits per heavy atom. The monoisotopic (exact) mass is 1860 g/mol. The molecule has 0 bridgehead atoms. The van der Waals surface area contributed by atoms with E-state index in [0.29, 0.717) is 69.5 Å². The number of phenols is 1. The first-order chi connectivity index (χ1) is 62.8. The van der Waals surface area contributed by atoms with Crippen LogP contribution in [0.15, 0.2) is 85.2 Å². The molecule has 0 radical (unpaired) electrons. The van der Waals surface area contributed by atoms with Gasteiger partial charge in [-0.25, -0.2) is 0 Å². The van der Waals surface area contributed by atoms with Gasteiger partial charge in [0.15, 0.2) is 0 Å². The average molecular weight is 1860 g/mol. The van der Waals surface area contributed by atoms with Crippen LogP contribution >= 0.6 is 11.8 Å². The van der Waals surface area contributed by atoms with Crippen LogP contribution in [0.3, 0.4) is 0 Å². The van der Waals surface area contributed by atoms with Gasteiger partial charge in [0.05, 0.1) is 24.8 Å². The van der Waals surface area contributed by atoms with Gasteiger partial charge in [0.1, 0.15) is 90.3 Å². The fourth-order valence-corrected chi connectivity index (χ4v) is 16.8. The number of aromatic amines is 2. The molecule has 16 amide bonds. The molecule has 718 valence electrons. The molecule has 3 fully saturated rings. The predicted molar refractivity (Wildman–Crippen MR) is 477 cm³/mol. The number of hydrogen-bond acceptors (Lipinski definition) is 24. The Kier molecular flexibility index (Phi) is 39.1. The summed E-state index contributed by atoms with van der Waals surface area (Å²) in [6, 6.07) is -3.90. The number of H-pyrrole nitrogens is 2. The highest BCUT2D eigenvalue weighted by Crippen LogP contribution is 2.28. The third-order valence-corrected chi connectivity index (χ3v) is 24.5. The van der Waals surface area contributed by atoms with Crippen molar-refractivity contribution in [1.82, 2.24) is 87.6 Å². The topological polar surface area (TPSA) is 672 Å². The number of aromatic hydroxyl groups is 1. The summed E-state index contributed by atoms with van der Waals surface area (Å²) in [7, 11) is 3.75. The number of para-hydroxylation sites is 2. The first-order valence-corrected chi connectivity index (χ1v) is 44.8. The van der Waals surface area contributed by atoms with Crippen molar-refractivity contribution in [2.75, 3.05) is 65.4 Å². The second kappa shape index (κ2) is 49.6. The Hall–Kier alpha value is -13.3. The van der Waals surface area contributed by atoms with E-state index < -0.39 is 273 Å². The number of benzene rings is 3. The molecule has 3 aromatic carbocycles. The van der Waals surface area contributed by atoms with Gasteiger partial charge in [-0.2, -0.15) is 0 Å². The second-order valence-corrected chi connectivity index (χ2v) is 34.0. The van der Waals surface area contributed by atoms with Gasteiger partial charge in [0.25, 0.3) is 0 Å². The molecule has 15 atom stereocenters. The summed E-state index contributed by atoms with van der Waals surface area (Å²) >= 11 is 0.686. The second-order valence-electron chi connectivity index (χ2n) is 33.0. The summed E-state index contributed by atoms with van der Waals surface area (Å²) in [6.07, 6.45) is -2.66. The highest BCUT2D eigenvalue weighted by Gasteiger charge is 2.47. The van der Waals surface area contributed by atoms with Gasteiger partial charge in [0.2, 0.25) is 94.5 Å². The Labute approximate surface area is 764 Å². The average Bonchev–Trinajstić information content (AvgIpc) is 1.65. The number of carbonyl (C=O) groups is 19. The highest BCUT2D eigenvalue weighted by atomic mass is 32.2. The number of aliphatic carboxylic acids is 3. The Bertz CT molecular complexity index is 5010. The maximum absolute atomic E-state index is 15.7. The largest absolute Gasteiger partial charge is 0.508 e. The molecule has 44 nitrogen and oxygen atoms in total. The third-order valence-electron chi connectivity index (χ3n) is 23.4. The Morgan fingerprint density at radius 2 is 0.992 bits per heavy atom. The number of nitrogens with one attached hydrogen (secondary N) is 12. The van der Waals surface area contributed by atoms with Gasteiger partial charge in [0, 0.05) is 119 Å². The molecule has 5 aromatic rings. The molecule has 0 unspecified atom stereocenters. The van der Waals surface area contributed by atoms with Crippen molar-refractivity contribution in [1.29, 1.82) is 0 Å². The number of carbonyl (C=O) groups excluding carboxylic acids is 16. The van der Waals surface area contributed by atoms with E-state index in [1.165, 1.54) is 45.3 Å². The molecule has 3 aliphatic heterocycles. The van der Waals surface area contributed by atoms with Crippen LogP contribution in [-0.4, -0.2) is 328 Å². The molecule has 0 spiro atoms. The standard InChI is InChI=1S/C87H120N20O24S/c1-7-9-20-65-80(124)96-56(27-29-71(112)113)76(120)102-64(75(119)93-42-69(90)110)44-132-45-70(111)94-60(34-47-23-25-50(108)26-24-47)83(127)103(4)46(3)74(118)99-62(38-73(116)117)86(130)106-33-15-22-66(106)81(125)101-63(39-89)79(123)97-58(28-30-72(114)115)85(129)107-43-51(109)37-68(107)82(126)98-59(35-48-40-91-54-18-13-11-16-52(48)54)78(122)95-57(31-32-88)77(121)100-61(36-49-41-92-55-19-14-12-17-53(49)55)84(128)105(6)67(21-10-8-2)87(131)104(65)5/h11-14,16-19,23-26,40-41,46,51,56-68,91-92,108-109H,7-10,15,20-22,27-39,42-45,88-89H2,1-6H3,(H2,90,110)(H,93,119)(H,94,111)(H,95,122)(H,96,124)(H,97,123)(H,98,126)(H,99,118)(H,100,121)(H,101,125)(H,102,120)(H,112,113)(H,114,115)(H,116,117)/t46-,51+,56-,57-,58-,59-,60-,61-,62+,63-,64-,65-,66-,67-,68-/m0/s1. The number of carboxylic acids is 3. The van der Waals surface area contributed by atoms with Crippen LogP contribution in [0, 0.1) is 0 Å². The number of aliphatic hydroxyl groups excluding tert-OH is 1. The lowest BCUT2D eigenvalue weighted by Gasteiger charge is -2.36. The SMILES string of the molecule is CCCC[C@H]1C(=O)N(C)[C@@H](CCCC)C(=O)N[C@@H](CCC(=O)O)C(=O)N[C@H](C(=O)NCC(N)=O)CSCC(=O)N[C@@H](Cc2ccc(O)cc2)C(=O)N(C)[C@@H](C)C(=O)N[C@H](CC(=O)O)C(=O)N2CCC[C@H]2C(=O)N[C@@H](CN)C(=O)N[C@@H](CCC(=O)O)C(=O)N2C[C@H](O)C[C@H]2C(=O)N[C@@H](Cc2c[nH]c3ccccc23)C(=O)N[C@@H](CCN)C(=O)N[C@@H](Cc2c[nH]c3ccccc23)C(=O)N1C. The lowest BCUT2D eigenvalue weighted by molar-refractivity contribution is -0.149. The number of thioether (sulfide) groups is 1. The van der Waals surface area contributed by atoms with E-state index >= 15 is 33.6 Å². The molecule has 3 aliphatic rings. The van der Waals surface area contributed by atoms with Gasteiger partial charge in [-0.1, -0.05) is 88.1 Å². The van der Waals surface area contributed by atoms with Crippen molar-refractivity contribution >= 4 is 146 Å². The minimum absolute atomic E-state index is 0.0436. The lowest BCUT2D eigenvalue weighted by atomic mass is 9.99. The van der Waals surface area contributed by atoms with Gasteiger partial charge in [-0.05, 0) is 99.4 Å². The smallest absolute Gasteiger partial charge is 0.305 e. The van der Waals surface area contributed by atoms with Gasteiger partial charge in [-0.3, -0.25) is 91.1 Å². The fraction of sp³-hybridized carbons (Fsp3) is 0.529. The Balaban J connectivity index is 1.19. The normalized spacial score (nSPS) is 25.0. The number of phenolic OH excluding ortho intramolecular Hbond substituents is 1. The predicted octanol–water partition coefficient (Wildman–Crippen LogP) is -3.56. The van der Waals surface area contributed by atoms with Gasteiger partial charge in [-0.15, -0.1) is 11.8 Å². The van der Waals surface area contributed by atoms with Gasteiger partial charge >= 0.3 is 17.9 Å². The van der Waals surface area contributed by atoms with Crippen LogP contribution in [0.1, 0.15) is 134 Å². The van der Waals surface area contributed by atoms with Crippen molar-refractivity contribution in [3.8, 4) is 5.75 Å². The van der Waals surface area contributed by atoms with Crippen molar-refractivity contribution in [3.05, 3.63) is 102 Å². The molecule has 45 heteroatoms. The molecule has 0 aliphatic carbocycles. The van der Waals surface area contributed by atoms with Crippen molar-refractivity contribution in [3.63, 3.8) is 0 Å². The quantitative estimate of drug-likeness (QED) is 0.0255. The van der Waals surface area contributed by atoms with E-state index in [1.54, 1.807) is 67.8 Å². The van der Waals surface area contributed by atoms with Crippen molar-refractivity contribution in [2.24, 2.45) is 17.2 Å². The number of likely N-dealkylation sites (N-methyl/N-ethyl adjacent to an activating group) is 3. The van der Waals surface area contributed by atoms with E-state index in [-0.39, 0.29) is 76.6 Å². The number of unbranched alkanes of at least 4 members (excludes halogenated alkanes) is 2. The summed E-state index contributed by atoms with van der Waals surface area (Å²) in [5.41, 5.74) is 20.2. The summed E-state index contributed by atoms with van der Waals surface area (Å²) < 4.78 is 0. The number of primary amides is 1. The molecule has 132 heavy (non-hydrogen) atoms. The van der Waals surface area contributed by atoms with Crippen LogP contribution in [0.2, 0.25) is 0 Å². The number of fused-ring (bicyclic) bond motifs is 4. The third kappa shape index (κ3) is 28.8. The summed E-state index contributed by atoms with van der Waals surface area (Å²) in [6.45, 7) is 2.21. The zero-order valence-electron chi connectivity index (χ0n) is 74.3. The molecule has 3 saturated heterocycles. The number of aliphatic hydroxyl groups is 1. The number of aromatic nitrogens is 2. The van der Waals surface area contributed by atoms with E-state index in [0.717, 1.165) is 31.5 Å². The van der Waals surface area contributed by atoms with Crippen LogP contribution < -0.4 is 70.4 Å². The number of amides is 16. The number of rotatable bonds is 26. The van der Waals surface area contributed by atoms with Crippen LogP contribution in [0.5, 0.6) is 5.75 Å². The maximum atomic E-state index is 15.7. The maximum Gasteiger partial charge on any atom is 0.305 e. The molecule has 8 rings (SSSR count). The van der Waals surface area contributed by atoms with Crippen LogP contribution in [0.25, 0.3) is 21.8 Å². The molecule has 2 aromatic heterocycles. The zero-order valence-corrected chi connectivity index (χ0v) is 75.1. The molecule has 0 saturated carbocycles. The van der Waals surface area contributed by atoms with E-state index in [2.05, 4.69) is 63.1 Å². The van der Waals surface area contributed by atoms with Gasteiger partial charge < -0.3 is 130 Å². The number of hydrogen-bond donors (Lipinski definition) is 20. The zero-order chi connectivity index (χ0) is 96.9.